The third kappa shape index (κ3) is 1.90. The summed E-state index contributed by atoms with van der Waals surface area (Å²) in [6.45, 7) is 2.11. The molecule has 0 aliphatic rings. The van der Waals surface area contributed by atoms with Crippen molar-refractivity contribution in [1.82, 2.24) is 30.1 Å². The van der Waals surface area contributed by atoms with E-state index >= 15 is 0 Å². The summed E-state index contributed by atoms with van der Waals surface area (Å²) >= 11 is 0. The van der Waals surface area contributed by atoms with Gasteiger partial charge in [-0.05, 0) is 18.1 Å². The number of anilines is 2. The molecule has 0 radical (unpaired) electrons. The first-order valence-corrected chi connectivity index (χ1v) is 6.72. The van der Waals surface area contributed by atoms with E-state index in [9.17, 15) is 0 Å². The van der Waals surface area contributed by atoms with Gasteiger partial charge in [-0.3, -0.25) is 5.10 Å². The van der Waals surface area contributed by atoms with E-state index < -0.39 is 0 Å². The Balaban J connectivity index is 1.81. The van der Waals surface area contributed by atoms with Crippen LogP contribution in [-0.4, -0.2) is 30.1 Å². The molecule has 4 aromatic heterocycles. The van der Waals surface area contributed by atoms with Gasteiger partial charge in [-0.15, -0.1) is 0 Å². The largest absolute Gasteiger partial charge is 0.346 e. The average Bonchev–Trinajstić information content (AvgIpc) is 3.13. The molecule has 0 saturated carbocycles. The molecule has 0 saturated heterocycles. The molecule has 0 aliphatic heterocycles. The summed E-state index contributed by atoms with van der Waals surface area (Å²) < 4.78 is 0. The van der Waals surface area contributed by atoms with Crippen LogP contribution in [0, 0.1) is 0 Å². The van der Waals surface area contributed by atoms with E-state index in [2.05, 4.69) is 42.4 Å². The molecule has 0 amide bonds. The predicted octanol–water partition coefficient (Wildman–Crippen LogP) is 2.54. The number of hydrogen-bond donors (Lipinski definition) is 3. The van der Waals surface area contributed by atoms with Crippen LogP contribution >= 0.6 is 0 Å². The van der Waals surface area contributed by atoms with E-state index in [1.807, 2.05) is 12.3 Å². The van der Waals surface area contributed by atoms with Gasteiger partial charge in [0.2, 0.25) is 0 Å². The Bertz CT molecular complexity index is 921. The molecule has 4 aromatic rings. The molecule has 0 unspecified atom stereocenters. The van der Waals surface area contributed by atoms with Gasteiger partial charge in [0.1, 0.15) is 23.6 Å². The van der Waals surface area contributed by atoms with E-state index in [4.69, 9.17) is 0 Å². The Kier molecular flexibility index (Phi) is 2.56. The van der Waals surface area contributed by atoms with Crippen LogP contribution in [0.1, 0.15) is 12.5 Å². The zero-order valence-corrected chi connectivity index (χ0v) is 11.4. The van der Waals surface area contributed by atoms with Crippen LogP contribution in [0.2, 0.25) is 0 Å². The predicted molar refractivity (Wildman–Crippen MR) is 80.4 cm³/mol. The standard InChI is InChI=1S/C14H13N7/c1-2-8-4-16-13-12(8)14(18-7-17-13)20-11-3-9-5-19-21-10(9)6-15-11/h3-7H,2H2,1H3,(H,19,21)(H2,15,16,17,18,20). The van der Waals surface area contributed by atoms with Crippen molar-refractivity contribution < 1.29 is 0 Å². The highest BCUT2D eigenvalue weighted by molar-refractivity contribution is 5.92. The van der Waals surface area contributed by atoms with E-state index in [-0.39, 0.29) is 0 Å². The van der Waals surface area contributed by atoms with Gasteiger partial charge in [-0.25, -0.2) is 15.0 Å². The second-order valence-electron chi connectivity index (χ2n) is 4.77. The van der Waals surface area contributed by atoms with Crippen molar-refractivity contribution in [3.05, 3.63) is 36.5 Å². The minimum Gasteiger partial charge on any atom is -0.346 e. The van der Waals surface area contributed by atoms with E-state index in [1.165, 1.54) is 11.9 Å². The summed E-state index contributed by atoms with van der Waals surface area (Å²) in [7, 11) is 0. The second kappa shape index (κ2) is 4.55. The van der Waals surface area contributed by atoms with E-state index in [0.29, 0.717) is 0 Å². The fourth-order valence-corrected chi connectivity index (χ4v) is 2.43. The molecule has 104 valence electrons. The molecule has 0 aromatic carbocycles. The maximum absolute atomic E-state index is 4.37. The maximum Gasteiger partial charge on any atom is 0.144 e. The van der Waals surface area contributed by atoms with Crippen molar-refractivity contribution in [2.75, 3.05) is 5.32 Å². The summed E-state index contributed by atoms with van der Waals surface area (Å²) in [4.78, 5) is 16.1. The third-order valence-corrected chi connectivity index (χ3v) is 3.50. The summed E-state index contributed by atoms with van der Waals surface area (Å²) in [5, 5.41) is 12.2. The third-order valence-electron chi connectivity index (χ3n) is 3.50. The van der Waals surface area contributed by atoms with Crippen molar-refractivity contribution >= 4 is 33.6 Å². The number of rotatable bonds is 3. The van der Waals surface area contributed by atoms with Crippen LogP contribution in [0.15, 0.2) is 31.0 Å². The first-order chi connectivity index (χ1) is 10.3. The highest BCUT2D eigenvalue weighted by Gasteiger charge is 2.10. The molecule has 4 heterocycles. The fourth-order valence-electron chi connectivity index (χ4n) is 2.43. The van der Waals surface area contributed by atoms with Gasteiger partial charge in [-0.2, -0.15) is 5.10 Å². The number of hydrogen-bond acceptors (Lipinski definition) is 5. The van der Waals surface area contributed by atoms with Gasteiger partial charge in [-0.1, -0.05) is 6.92 Å². The van der Waals surface area contributed by atoms with Crippen LogP contribution in [0.5, 0.6) is 0 Å². The van der Waals surface area contributed by atoms with Crippen molar-refractivity contribution in [3.8, 4) is 0 Å². The number of nitrogens with one attached hydrogen (secondary N) is 3. The molecule has 7 heteroatoms. The summed E-state index contributed by atoms with van der Waals surface area (Å²) in [5.41, 5.74) is 2.91. The quantitative estimate of drug-likeness (QED) is 0.535. The van der Waals surface area contributed by atoms with Crippen LogP contribution in [0.25, 0.3) is 21.9 Å². The van der Waals surface area contributed by atoms with Crippen LogP contribution < -0.4 is 5.32 Å². The number of nitrogens with zero attached hydrogens (tertiary/aromatic N) is 4. The normalized spacial score (nSPS) is 11.3. The minimum absolute atomic E-state index is 0.729. The highest BCUT2D eigenvalue weighted by atomic mass is 15.1. The molecule has 0 spiro atoms. The summed E-state index contributed by atoms with van der Waals surface area (Å²) in [6.07, 6.45) is 7.94. The Morgan fingerprint density at radius 1 is 1.19 bits per heavy atom. The van der Waals surface area contributed by atoms with Crippen LogP contribution in [0.3, 0.4) is 0 Å². The topological polar surface area (TPSA) is 95.2 Å². The average molecular weight is 279 g/mol. The lowest BCUT2D eigenvalue weighted by molar-refractivity contribution is 1.11. The molecule has 7 nitrogen and oxygen atoms in total. The Hall–Kier alpha value is -2.96. The smallest absolute Gasteiger partial charge is 0.144 e. The number of pyridine rings is 1. The molecular weight excluding hydrogens is 266 g/mol. The van der Waals surface area contributed by atoms with Crippen LogP contribution in [-0.2, 0) is 6.42 Å². The zero-order valence-electron chi connectivity index (χ0n) is 11.4. The van der Waals surface area contributed by atoms with Gasteiger partial charge in [0.05, 0.1) is 23.3 Å². The summed E-state index contributed by atoms with van der Waals surface area (Å²) in [6, 6.07) is 1.94. The lowest BCUT2D eigenvalue weighted by Crippen LogP contribution is -1.98. The lowest BCUT2D eigenvalue weighted by Gasteiger charge is -2.06. The van der Waals surface area contributed by atoms with Gasteiger partial charge < -0.3 is 10.3 Å². The van der Waals surface area contributed by atoms with Crippen molar-refractivity contribution in [2.24, 2.45) is 0 Å². The Morgan fingerprint density at radius 2 is 2.14 bits per heavy atom. The van der Waals surface area contributed by atoms with Gasteiger partial charge in [0.15, 0.2) is 0 Å². The molecule has 0 aliphatic carbocycles. The first kappa shape index (κ1) is 11.8. The highest BCUT2D eigenvalue weighted by Crippen LogP contribution is 2.26. The SMILES string of the molecule is CCc1c[nH]c2ncnc(Nc3cc4cn[nH]c4cn3)c12. The second-order valence-corrected chi connectivity index (χ2v) is 4.77. The first-order valence-electron chi connectivity index (χ1n) is 6.72. The monoisotopic (exact) mass is 279 g/mol. The van der Waals surface area contributed by atoms with Gasteiger partial charge >= 0.3 is 0 Å². The number of H-pyrrole nitrogens is 2. The molecule has 3 N–H and O–H groups in total. The van der Waals surface area contributed by atoms with Crippen molar-refractivity contribution in [2.45, 2.75) is 13.3 Å². The molecule has 21 heavy (non-hydrogen) atoms. The minimum atomic E-state index is 0.729. The number of aryl methyl sites for hydroxylation is 1. The maximum atomic E-state index is 4.37. The van der Waals surface area contributed by atoms with Crippen LogP contribution in [0.4, 0.5) is 11.6 Å². The number of aromatic nitrogens is 6. The fraction of sp³-hybridized carbons (Fsp3) is 0.143. The van der Waals surface area contributed by atoms with E-state index in [1.54, 1.807) is 12.4 Å². The molecule has 0 atom stereocenters. The number of aromatic amines is 2. The molecule has 0 bridgehead atoms. The van der Waals surface area contributed by atoms with Gasteiger partial charge in [0, 0.05) is 11.6 Å². The molecular formula is C14H13N7. The van der Waals surface area contributed by atoms with Crippen molar-refractivity contribution in [3.63, 3.8) is 0 Å². The molecule has 4 rings (SSSR count). The Labute approximate surface area is 119 Å². The lowest BCUT2D eigenvalue weighted by atomic mass is 10.2. The molecule has 0 fully saturated rings. The number of fused-ring (bicyclic) bond motifs is 2. The summed E-state index contributed by atoms with van der Waals surface area (Å²) in [5.74, 6) is 1.49. The van der Waals surface area contributed by atoms with E-state index in [0.717, 1.165) is 40.0 Å². The Morgan fingerprint density at radius 3 is 3.05 bits per heavy atom. The van der Waals surface area contributed by atoms with Crippen molar-refractivity contribution in [1.29, 1.82) is 0 Å². The van der Waals surface area contributed by atoms with Gasteiger partial charge in [0.25, 0.3) is 0 Å². The zero-order chi connectivity index (χ0) is 14.2.